The molecule has 1 heterocycles. The molecule has 0 aliphatic rings. The molecule has 0 radical (unpaired) electrons. The molecule has 0 fully saturated rings. The molecule has 1 atom stereocenters. The fraction of sp³-hybridized carbons (Fsp3) is 0.353. The number of nitriles is 1. The van der Waals surface area contributed by atoms with Crippen molar-refractivity contribution in [3.63, 3.8) is 0 Å². The summed E-state index contributed by atoms with van der Waals surface area (Å²) < 4.78 is 1.94. The second-order valence-corrected chi connectivity index (χ2v) is 5.33. The minimum atomic E-state index is 0.292. The van der Waals surface area contributed by atoms with Gasteiger partial charge in [-0.2, -0.15) is 5.26 Å². The number of nitrogens with one attached hydrogen (secondary N) is 1. The molecule has 3 heteroatoms. The zero-order chi connectivity index (χ0) is 14.7. The van der Waals surface area contributed by atoms with Crippen molar-refractivity contribution in [2.45, 2.75) is 33.4 Å². The van der Waals surface area contributed by atoms with Crippen molar-refractivity contribution in [3.8, 4) is 6.07 Å². The second-order valence-electron chi connectivity index (χ2n) is 5.33. The van der Waals surface area contributed by atoms with Crippen LogP contribution in [-0.2, 0) is 13.6 Å². The first-order chi connectivity index (χ1) is 9.52. The Bertz CT molecular complexity index is 647. The van der Waals surface area contributed by atoms with E-state index < -0.39 is 0 Å². The van der Waals surface area contributed by atoms with Gasteiger partial charge in [0.2, 0.25) is 0 Å². The average molecular weight is 267 g/mol. The zero-order valence-corrected chi connectivity index (χ0v) is 12.6. The topological polar surface area (TPSA) is 40.8 Å². The van der Waals surface area contributed by atoms with Crippen LogP contribution in [0.5, 0.6) is 0 Å². The maximum Gasteiger partial charge on any atom is 0.120 e. The van der Waals surface area contributed by atoms with E-state index >= 15 is 0 Å². The summed E-state index contributed by atoms with van der Waals surface area (Å²) in [7, 11) is 1.93. The van der Waals surface area contributed by atoms with Crippen molar-refractivity contribution in [3.05, 3.63) is 58.4 Å². The molecule has 0 aliphatic carbocycles. The first-order valence-corrected chi connectivity index (χ1v) is 6.88. The molecule has 0 saturated carbocycles. The number of aryl methyl sites for hydroxylation is 1. The summed E-state index contributed by atoms with van der Waals surface area (Å²) >= 11 is 0. The van der Waals surface area contributed by atoms with E-state index in [1.54, 1.807) is 0 Å². The molecule has 0 unspecified atom stereocenters. The molecule has 20 heavy (non-hydrogen) atoms. The molecule has 0 saturated heterocycles. The summed E-state index contributed by atoms with van der Waals surface area (Å²) in [5, 5.41) is 12.6. The van der Waals surface area contributed by atoms with Gasteiger partial charge in [-0.15, -0.1) is 0 Å². The molecule has 0 amide bonds. The molecule has 0 spiro atoms. The molecule has 104 valence electrons. The quantitative estimate of drug-likeness (QED) is 0.922. The highest BCUT2D eigenvalue weighted by Crippen LogP contribution is 2.17. The van der Waals surface area contributed by atoms with Gasteiger partial charge < -0.3 is 9.88 Å². The maximum absolute atomic E-state index is 9.05. The first-order valence-electron chi connectivity index (χ1n) is 6.88. The number of rotatable bonds is 4. The Kier molecular flexibility index (Phi) is 4.26. The van der Waals surface area contributed by atoms with Crippen LogP contribution in [0.1, 0.15) is 41.0 Å². The highest BCUT2D eigenvalue weighted by Gasteiger charge is 2.10. The maximum atomic E-state index is 9.05. The van der Waals surface area contributed by atoms with Crippen molar-refractivity contribution in [1.82, 2.24) is 9.88 Å². The van der Waals surface area contributed by atoms with Crippen LogP contribution >= 0.6 is 0 Å². The summed E-state index contributed by atoms with van der Waals surface area (Å²) in [5.74, 6) is 0. The summed E-state index contributed by atoms with van der Waals surface area (Å²) in [6, 6.07) is 13.0. The molecule has 0 aliphatic heterocycles. The molecular weight excluding hydrogens is 246 g/mol. The molecule has 1 aromatic heterocycles. The van der Waals surface area contributed by atoms with E-state index in [9.17, 15) is 0 Å². The zero-order valence-electron chi connectivity index (χ0n) is 12.6. The van der Waals surface area contributed by atoms with Gasteiger partial charge in [-0.3, -0.25) is 0 Å². The van der Waals surface area contributed by atoms with Gasteiger partial charge in [0.15, 0.2) is 0 Å². The third-order valence-electron chi connectivity index (χ3n) is 3.90. The predicted octanol–water partition coefficient (Wildman–Crippen LogP) is 3.36. The van der Waals surface area contributed by atoms with Crippen molar-refractivity contribution in [1.29, 1.82) is 5.26 Å². The van der Waals surface area contributed by atoms with Gasteiger partial charge in [0.1, 0.15) is 11.8 Å². The third kappa shape index (κ3) is 2.92. The summed E-state index contributed by atoms with van der Waals surface area (Å²) in [4.78, 5) is 0. The molecule has 1 N–H and O–H groups in total. The van der Waals surface area contributed by atoms with Crippen LogP contribution < -0.4 is 5.32 Å². The van der Waals surface area contributed by atoms with Crippen molar-refractivity contribution < 1.29 is 0 Å². The Labute approximate surface area is 120 Å². The first kappa shape index (κ1) is 14.4. The molecular formula is C17H21N3. The fourth-order valence-corrected chi connectivity index (χ4v) is 2.37. The molecule has 3 nitrogen and oxygen atoms in total. The predicted molar refractivity (Wildman–Crippen MR) is 81.3 cm³/mol. The number of hydrogen-bond acceptors (Lipinski definition) is 2. The summed E-state index contributed by atoms with van der Waals surface area (Å²) in [6.07, 6.45) is 0. The lowest BCUT2D eigenvalue weighted by molar-refractivity contribution is 0.572. The Morgan fingerprint density at radius 2 is 2.05 bits per heavy atom. The van der Waals surface area contributed by atoms with Gasteiger partial charge in [-0.1, -0.05) is 29.8 Å². The van der Waals surface area contributed by atoms with E-state index in [-0.39, 0.29) is 0 Å². The van der Waals surface area contributed by atoms with E-state index in [1.807, 2.05) is 17.7 Å². The van der Waals surface area contributed by atoms with Gasteiger partial charge >= 0.3 is 0 Å². The van der Waals surface area contributed by atoms with Gasteiger partial charge in [0, 0.05) is 25.3 Å². The van der Waals surface area contributed by atoms with Crippen molar-refractivity contribution in [2.75, 3.05) is 0 Å². The van der Waals surface area contributed by atoms with Crippen LogP contribution in [0.2, 0.25) is 0 Å². The van der Waals surface area contributed by atoms with Crippen molar-refractivity contribution >= 4 is 0 Å². The second kappa shape index (κ2) is 5.94. The Morgan fingerprint density at radius 1 is 1.30 bits per heavy atom. The van der Waals surface area contributed by atoms with E-state index in [2.05, 4.69) is 56.4 Å². The highest BCUT2D eigenvalue weighted by molar-refractivity contribution is 5.34. The normalized spacial score (nSPS) is 12.2. The van der Waals surface area contributed by atoms with Crippen LogP contribution in [0.3, 0.4) is 0 Å². The van der Waals surface area contributed by atoms with Crippen molar-refractivity contribution in [2.24, 2.45) is 7.05 Å². The molecule has 0 bridgehead atoms. The molecule has 2 aromatic rings. The van der Waals surface area contributed by atoms with Crippen LogP contribution in [0.4, 0.5) is 0 Å². The summed E-state index contributed by atoms with van der Waals surface area (Å²) in [5.41, 5.74) is 5.61. The van der Waals surface area contributed by atoms with Gasteiger partial charge in [-0.25, -0.2) is 0 Å². The largest absolute Gasteiger partial charge is 0.340 e. The van der Waals surface area contributed by atoms with Crippen LogP contribution in [0.15, 0.2) is 30.3 Å². The average Bonchev–Trinajstić information content (AvgIpc) is 2.72. The SMILES string of the molecule is Cc1cccc([C@H](C)NCc2cc(C#N)n(C)c2C)c1. The van der Waals surface area contributed by atoms with Crippen LogP contribution in [-0.4, -0.2) is 4.57 Å². The lowest BCUT2D eigenvalue weighted by atomic mass is 10.1. The van der Waals surface area contributed by atoms with E-state index in [0.717, 1.165) is 12.2 Å². The molecule has 2 rings (SSSR count). The Balaban J connectivity index is 2.07. The lowest BCUT2D eigenvalue weighted by Crippen LogP contribution is -2.18. The number of benzene rings is 1. The molecule has 1 aromatic carbocycles. The third-order valence-corrected chi connectivity index (χ3v) is 3.90. The van der Waals surface area contributed by atoms with Gasteiger partial charge in [0.25, 0.3) is 0 Å². The van der Waals surface area contributed by atoms with Crippen LogP contribution in [0.25, 0.3) is 0 Å². The van der Waals surface area contributed by atoms with E-state index in [1.165, 1.54) is 16.7 Å². The number of nitrogens with zero attached hydrogens (tertiary/aromatic N) is 2. The van der Waals surface area contributed by atoms with Crippen LogP contribution in [0, 0.1) is 25.2 Å². The smallest absolute Gasteiger partial charge is 0.120 e. The lowest BCUT2D eigenvalue weighted by Gasteiger charge is -2.15. The minimum Gasteiger partial charge on any atom is -0.340 e. The number of aromatic nitrogens is 1. The Morgan fingerprint density at radius 3 is 2.65 bits per heavy atom. The summed E-state index contributed by atoms with van der Waals surface area (Å²) in [6.45, 7) is 7.10. The fourth-order valence-electron chi connectivity index (χ4n) is 2.37. The number of hydrogen-bond donors (Lipinski definition) is 1. The minimum absolute atomic E-state index is 0.292. The highest BCUT2D eigenvalue weighted by atomic mass is 15.0. The monoisotopic (exact) mass is 267 g/mol. The standard InChI is InChI=1S/C17H21N3/c1-12-6-5-7-15(8-12)13(2)19-11-16-9-17(10-18)20(4)14(16)3/h5-9,13,19H,11H2,1-4H3/t13-/m0/s1. The van der Waals surface area contributed by atoms with E-state index in [4.69, 9.17) is 5.26 Å². The van der Waals surface area contributed by atoms with Gasteiger partial charge in [-0.05, 0) is 38.0 Å². The van der Waals surface area contributed by atoms with E-state index in [0.29, 0.717) is 11.7 Å². The van der Waals surface area contributed by atoms with Gasteiger partial charge in [0.05, 0.1) is 0 Å². The Hall–Kier alpha value is -2.05.